The number of benzene rings is 2. The number of hydrogen-bond donors (Lipinski definition) is 1. The van der Waals surface area contributed by atoms with Crippen LogP contribution < -0.4 is 10.1 Å². The molecule has 0 unspecified atom stereocenters. The van der Waals surface area contributed by atoms with E-state index < -0.39 is 5.82 Å². The van der Waals surface area contributed by atoms with Gasteiger partial charge in [-0.1, -0.05) is 29.8 Å². The minimum Gasteiger partial charge on any atom is -0.486 e. The van der Waals surface area contributed by atoms with E-state index in [0.717, 1.165) is 24.8 Å². The van der Waals surface area contributed by atoms with Gasteiger partial charge >= 0.3 is 0 Å². The monoisotopic (exact) mass is 467 g/mol. The Labute approximate surface area is 195 Å². The topological polar surface area (TPSA) is 73.2 Å². The van der Waals surface area contributed by atoms with Crippen LogP contribution in [0.5, 0.6) is 5.75 Å². The zero-order valence-corrected chi connectivity index (χ0v) is 18.6. The number of nitrogens with one attached hydrogen (secondary N) is 1. The van der Waals surface area contributed by atoms with Crippen molar-refractivity contribution in [2.24, 2.45) is 5.41 Å². The fourth-order valence-corrected chi connectivity index (χ4v) is 5.39. The third kappa shape index (κ3) is 4.37. The zero-order valence-electron chi connectivity index (χ0n) is 17.9. The van der Waals surface area contributed by atoms with E-state index in [9.17, 15) is 14.0 Å². The summed E-state index contributed by atoms with van der Waals surface area (Å²) >= 11 is 5.66. The number of rotatable bonds is 9. The van der Waals surface area contributed by atoms with E-state index in [0.29, 0.717) is 18.5 Å². The number of aromatic nitrogens is 2. The van der Waals surface area contributed by atoms with E-state index in [1.54, 1.807) is 10.9 Å². The van der Waals surface area contributed by atoms with Crippen molar-refractivity contribution < 1.29 is 18.7 Å². The first kappa shape index (κ1) is 21.6. The number of hydrogen-bond acceptors (Lipinski definition) is 4. The highest BCUT2D eigenvalue weighted by molar-refractivity contribution is 6.30. The number of carbonyl (C=O) groups is 2. The van der Waals surface area contributed by atoms with Crippen LogP contribution in [0.15, 0.2) is 60.9 Å². The average Bonchev–Trinajstić information content (AvgIpc) is 3.25. The Bertz CT molecular complexity index is 1190. The summed E-state index contributed by atoms with van der Waals surface area (Å²) in [5, 5.41) is 7.43. The van der Waals surface area contributed by atoms with E-state index in [1.165, 1.54) is 18.2 Å². The second-order valence-corrected chi connectivity index (χ2v) is 9.61. The fourth-order valence-electron chi connectivity index (χ4n) is 5.27. The highest BCUT2D eigenvalue weighted by atomic mass is 35.5. The van der Waals surface area contributed by atoms with Gasteiger partial charge in [0.05, 0.1) is 11.6 Å². The predicted molar refractivity (Wildman–Crippen MR) is 121 cm³/mol. The van der Waals surface area contributed by atoms with E-state index in [4.69, 9.17) is 16.3 Å². The Kier molecular flexibility index (Phi) is 5.44. The van der Waals surface area contributed by atoms with Crippen LogP contribution in [0.25, 0.3) is 0 Å². The lowest BCUT2D eigenvalue weighted by Gasteiger charge is -2.70. The van der Waals surface area contributed by atoms with Crippen molar-refractivity contribution >= 4 is 23.3 Å². The van der Waals surface area contributed by atoms with Crippen LogP contribution in [-0.2, 0) is 11.3 Å². The summed E-state index contributed by atoms with van der Waals surface area (Å²) in [6.07, 6.45) is 6.33. The van der Waals surface area contributed by atoms with Crippen molar-refractivity contribution in [2.75, 3.05) is 6.61 Å². The molecule has 33 heavy (non-hydrogen) atoms. The van der Waals surface area contributed by atoms with E-state index in [1.807, 2.05) is 36.5 Å². The Balaban J connectivity index is 1.12. The lowest BCUT2D eigenvalue weighted by molar-refractivity contribution is -0.162. The summed E-state index contributed by atoms with van der Waals surface area (Å²) in [4.78, 5) is 25.4. The summed E-state index contributed by atoms with van der Waals surface area (Å²) in [6, 6.07) is 13.5. The molecular formula is C25H23ClFN3O3. The third-order valence-corrected chi connectivity index (χ3v) is 6.84. The second kappa shape index (κ2) is 8.30. The summed E-state index contributed by atoms with van der Waals surface area (Å²) in [5.74, 6) is -0.426. The molecule has 2 aromatic carbocycles. The first-order valence-electron chi connectivity index (χ1n) is 10.8. The van der Waals surface area contributed by atoms with Crippen LogP contribution in [0.2, 0.25) is 5.02 Å². The highest BCUT2D eigenvalue weighted by Gasteiger charge is 2.68. The number of ketones is 1. The maximum Gasteiger partial charge on any atom is 0.252 e. The van der Waals surface area contributed by atoms with E-state index in [2.05, 4.69) is 10.4 Å². The molecule has 6 nitrogen and oxygen atoms in total. The largest absolute Gasteiger partial charge is 0.486 e. The summed E-state index contributed by atoms with van der Waals surface area (Å²) in [5.41, 5.74) is 1.27. The maximum atomic E-state index is 13.5. The molecule has 2 bridgehead atoms. The lowest BCUT2D eigenvalue weighted by Crippen LogP contribution is -2.75. The predicted octanol–water partition coefficient (Wildman–Crippen LogP) is 4.41. The molecule has 0 saturated heterocycles. The summed E-state index contributed by atoms with van der Waals surface area (Å²) in [7, 11) is 0. The molecule has 3 saturated carbocycles. The molecule has 3 aliphatic rings. The van der Waals surface area contributed by atoms with Crippen LogP contribution in [0.4, 0.5) is 4.39 Å². The summed E-state index contributed by atoms with van der Waals surface area (Å²) in [6.45, 7) is 0.419. The van der Waals surface area contributed by atoms with Crippen LogP contribution in [0, 0.1) is 11.2 Å². The molecule has 0 aliphatic heterocycles. The van der Waals surface area contributed by atoms with Gasteiger partial charge in [0.15, 0.2) is 5.78 Å². The van der Waals surface area contributed by atoms with Gasteiger partial charge in [-0.3, -0.25) is 14.3 Å². The zero-order chi connectivity index (χ0) is 23.1. The molecule has 1 amide bonds. The van der Waals surface area contributed by atoms with Gasteiger partial charge in [0.25, 0.3) is 5.91 Å². The van der Waals surface area contributed by atoms with Gasteiger partial charge in [0.1, 0.15) is 18.2 Å². The van der Waals surface area contributed by atoms with Crippen molar-refractivity contribution in [3.63, 3.8) is 0 Å². The molecule has 1 heterocycles. The number of ether oxygens (including phenoxy) is 1. The molecule has 170 valence electrons. The van der Waals surface area contributed by atoms with Crippen molar-refractivity contribution in [1.82, 2.24) is 15.1 Å². The minimum atomic E-state index is -0.579. The molecule has 3 aromatic rings. The quantitative estimate of drug-likeness (QED) is 0.505. The highest BCUT2D eigenvalue weighted by Crippen LogP contribution is 2.69. The summed E-state index contributed by atoms with van der Waals surface area (Å²) < 4.78 is 20.7. The smallest absolute Gasteiger partial charge is 0.252 e. The van der Waals surface area contributed by atoms with E-state index in [-0.39, 0.29) is 40.0 Å². The number of Topliss-reactive ketones (excluding diaryl/α,β-unsaturated/α-hetero) is 1. The first-order valence-corrected chi connectivity index (χ1v) is 11.2. The fraction of sp³-hybridized carbons (Fsp3) is 0.320. The molecule has 6 rings (SSSR count). The normalized spacial score (nSPS) is 22.7. The molecular weight excluding hydrogens is 445 g/mol. The maximum absolute atomic E-state index is 13.5. The van der Waals surface area contributed by atoms with Gasteiger partial charge < -0.3 is 10.1 Å². The van der Waals surface area contributed by atoms with Crippen molar-refractivity contribution in [2.45, 2.75) is 37.8 Å². The van der Waals surface area contributed by atoms with Crippen molar-refractivity contribution in [1.29, 1.82) is 0 Å². The van der Waals surface area contributed by atoms with Crippen LogP contribution in [0.3, 0.4) is 0 Å². The van der Waals surface area contributed by atoms with Crippen LogP contribution in [-0.4, -0.2) is 33.6 Å². The average molecular weight is 468 g/mol. The molecule has 3 aliphatic carbocycles. The SMILES string of the molecule is O=C(COc1ccc(Cl)c(F)c1)CC12CC(NC(=O)c3ccccc3Cn3cccn3)(C1)C2. The van der Waals surface area contributed by atoms with Crippen LogP contribution >= 0.6 is 11.6 Å². The number of carbonyl (C=O) groups excluding carboxylic acids is 2. The number of nitrogens with zero attached hydrogens (tertiary/aromatic N) is 2. The molecule has 0 spiro atoms. The second-order valence-electron chi connectivity index (χ2n) is 9.21. The van der Waals surface area contributed by atoms with Crippen molar-refractivity contribution in [3.05, 3.63) is 82.9 Å². The number of halogens is 2. The minimum absolute atomic E-state index is 0.0129. The van der Waals surface area contributed by atoms with Gasteiger partial charge in [-0.2, -0.15) is 5.10 Å². The third-order valence-electron chi connectivity index (χ3n) is 6.54. The van der Waals surface area contributed by atoms with E-state index >= 15 is 0 Å². The molecule has 0 atom stereocenters. The number of amides is 1. The van der Waals surface area contributed by atoms with Gasteiger partial charge in [-0.25, -0.2) is 4.39 Å². The Hall–Kier alpha value is -3.19. The van der Waals surface area contributed by atoms with Crippen LogP contribution in [0.1, 0.15) is 41.6 Å². The molecule has 0 radical (unpaired) electrons. The Morgan fingerprint density at radius 2 is 1.94 bits per heavy atom. The molecule has 1 aromatic heterocycles. The Morgan fingerprint density at radius 1 is 1.15 bits per heavy atom. The van der Waals surface area contributed by atoms with Gasteiger partial charge in [-0.05, 0) is 54.5 Å². The lowest BCUT2D eigenvalue weighted by atomic mass is 9.38. The molecule has 8 heteroatoms. The van der Waals surface area contributed by atoms with Crippen molar-refractivity contribution in [3.8, 4) is 5.75 Å². The first-order chi connectivity index (χ1) is 15.9. The molecule has 1 N–H and O–H groups in total. The molecule has 3 fully saturated rings. The van der Waals surface area contributed by atoms with Gasteiger partial charge in [0.2, 0.25) is 0 Å². The van der Waals surface area contributed by atoms with Gasteiger partial charge in [-0.15, -0.1) is 0 Å². The van der Waals surface area contributed by atoms with Gasteiger partial charge in [0, 0.05) is 36.0 Å². The Morgan fingerprint density at radius 3 is 2.67 bits per heavy atom. The standard InChI is InChI=1S/C25H23ClFN3O3/c26-21-7-6-19(10-22(21)27)33-13-18(31)11-24-14-25(15-24,16-24)29-23(32)20-5-2-1-4-17(20)12-30-9-3-8-28-30/h1-10H,11-16H2,(H,29,32).